The van der Waals surface area contributed by atoms with Gasteiger partial charge in [0.1, 0.15) is 11.5 Å². The Kier molecular flexibility index (Phi) is 4.08. The van der Waals surface area contributed by atoms with Gasteiger partial charge < -0.3 is 9.73 Å². The molecule has 2 rings (SSSR count). The zero-order valence-corrected chi connectivity index (χ0v) is 11.4. The number of benzene rings is 1. The molecule has 0 amide bonds. The molecule has 2 nitrogen and oxygen atoms in total. The van der Waals surface area contributed by atoms with E-state index in [-0.39, 0.29) is 6.04 Å². The topological polar surface area (TPSA) is 25.2 Å². The third-order valence-electron chi connectivity index (χ3n) is 3.10. The summed E-state index contributed by atoms with van der Waals surface area (Å²) in [7, 11) is 0. The molecule has 96 valence electrons. The van der Waals surface area contributed by atoms with Gasteiger partial charge in [-0.1, -0.05) is 31.5 Å². The molecule has 1 atom stereocenters. The number of rotatable bonds is 5. The van der Waals surface area contributed by atoms with Crippen molar-refractivity contribution in [1.29, 1.82) is 0 Å². The van der Waals surface area contributed by atoms with E-state index in [1.54, 1.807) is 0 Å². The van der Waals surface area contributed by atoms with Gasteiger partial charge in [0, 0.05) is 5.69 Å². The molecule has 18 heavy (non-hydrogen) atoms. The highest BCUT2D eigenvalue weighted by Gasteiger charge is 2.10. The lowest BCUT2D eigenvalue weighted by molar-refractivity contribution is 0.467. The Morgan fingerprint density at radius 3 is 2.61 bits per heavy atom. The van der Waals surface area contributed by atoms with Crippen molar-refractivity contribution in [3.8, 4) is 0 Å². The van der Waals surface area contributed by atoms with Crippen molar-refractivity contribution in [1.82, 2.24) is 0 Å². The van der Waals surface area contributed by atoms with E-state index in [0.29, 0.717) is 0 Å². The molecule has 1 aromatic carbocycles. The van der Waals surface area contributed by atoms with Crippen molar-refractivity contribution < 1.29 is 4.42 Å². The van der Waals surface area contributed by atoms with Gasteiger partial charge >= 0.3 is 0 Å². The standard InChI is InChI=1S/C16H21NO/c1-4-7-14-8-5-6-9-15(14)17-13(3)16-11-10-12(2)18-16/h5-6,8-11,13,17H,4,7H2,1-3H3. The first kappa shape index (κ1) is 12.7. The summed E-state index contributed by atoms with van der Waals surface area (Å²) in [5.41, 5.74) is 2.58. The van der Waals surface area contributed by atoms with Gasteiger partial charge in [-0.15, -0.1) is 0 Å². The second kappa shape index (κ2) is 5.76. The molecular weight excluding hydrogens is 222 g/mol. The van der Waals surface area contributed by atoms with Crippen LogP contribution in [-0.2, 0) is 6.42 Å². The third-order valence-corrected chi connectivity index (χ3v) is 3.10. The van der Waals surface area contributed by atoms with Crippen LogP contribution in [0.3, 0.4) is 0 Å². The summed E-state index contributed by atoms with van der Waals surface area (Å²) in [5.74, 6) is 1.94. The van der Waals surface area contributed by atoms with E-state index in [4.69, 9.17) is 4.42 Å². The number of para-hydroxylation sites is 1. The van der Waals surface area contributed by atoms with Crippen LogP contribution in [0.15, 0.2) is 40.8 Å². The van der Waals surface area contributed by atoms with Crippen LogP contribution in [0, 0.1) is 6.92 Å². The molecule has 2 heteroatoms. The van der Waals surface area contributed by atoms with Gasteiger partial charge in [-0.05, 0) is 44.0 Å². The van der Waals surface area contributed by atoms with Crippen molar-refractivity contribution in [2.24, 2.45) is 0 Å². The summed E-state index contributed by atoms with van der Waals surface area (Å²) < 4.78 is 5.65. The van der Waals surface area contributed by atoms with Crippen LogP contribution in [0.1, 0.15) is 43.4 Å². The summed E-state index contributed by atoms with van der Waals surface area (Å²) in [5, 5.41) is 3.53. The summed E-state index contributed by atoms with van der Waals surface area (Å²) in [6, 6.07) is 12.7. The summed E-state index contributed by atoms with van der Waals surface area (Å²) in [4.78, 5) is 0. The Morgan fingerprint density at radius 1 is 1.17 bits per heavy atom. The van der Waals surface area contributed by atoms with Crippen LogP contribution >= 0.6 is 0 Å². The minimum Gasteiger partial charge on any atom is -0.464 e. The molecule has 1 heterocycles. The van der Waals surface area contributed by atoms with Gasteiger partial charge in [-0.3, -0.25) is 0 Å². The highest BCUT2D eigenvalue weighted by atomic mass is 16.3. The van der Waals surface area contributed by atoms with Crippen LogP contribution < -0.4 is 5.32 Å². The van der Waals surface area contributed by atoms with Crippen molar-refractivity contribution in [2.45, 2.75) is 39.7 Å². The van der Waals surface area contributed by atoms with E-state index in [1.165, 1.54) is 11.3 Å². The number of nitrogens with one attached hydrogen (secondary N) is 1. The number of hydrogen-bond donors (Lipinski definition) is 1. The first-order valence-electron chi connectivity index (χ1n) is 6.61. The predicted molar refractivity (Wildman–Crippen MR) is 75.9 cm³/mol. The maximum atomic E-state index is 5.65. The Bertz CT molecular complexity index is 501. The Morgan fingerprint density at radius 2 is 1.94 bits per heavy atom. The van der Waals surface area contributed by atoms with Gasteiger partial charge in [0.05, 0.1) is 6.04 Å². The average molecular weight is 243 g/mol. The van der Waals surface area contributed by atoms with Crippen LogP contribution in [0.2, 0.25) is 0 Å². The maximum absolute atomic E-state index is 5.65. The fraction of sp³-hybridized carbons (Fsp3) is 0.375. The highest BCUT2D eigenvalue weighted by molar-refractivity contribution is 5.52. The summed E-state index contributed by atoms with van der Waals surface area (Å²) >= 11 is 0. The Labute approximate surface area is 109 Å². The fourth-order valence-corrected chi connectivity index (χ4v) is 2.14. The first-order valence-corrected chi connectivity index (χ1v) is 6.61. The fourth-order valence-electron chi connectivity index (χ4n) is 2.14. The molecule has 0 aliphatic carbocycles. The molecule has 0 saturated carbocycles. The van der Waals surface area contributed by atoms with Crippen molar-refractivity contribution in [3.63, 3.8) is 0 Å². The largest absolute Gasteiger partial charge is 0.464 e. The molecule has 0 aliphatic rings. The molecule has 0 spiro atoms. The normalized spacial score (nSPS) is 12.4. The van der Waals surface area contributed by atoms with Gasteiger partial charge in [-0.2, -0.15) is 0 Å². The molecule has 0 saturated heterocycles. The minimum absolute atomic E-state index is 0.191. The molecule has 0 radical (unpaired) electrons. The van der Waals surface area contributed by atoms with Gasteiger partial charge in [-0.25, -0.2) is 0 Å². The number of aryl methyl sites for hydroxylation is 2. The molecule has 1 N–H and O–H groups in total. The second-order valence-corrected chi connectivity index (χ2v) is 4.72. The van der Waals surface area contributed by atoms with E-state index in [9.17, 15) is 0 Å². The lowest BCUT2D eigenvalue weighted by Crippen LogP contribution is -2.07. The lowest BCUT2D eigenvalue weighted by atomic mass is 10.1. The SMILES string of the molecule is CCCc1ccccc1NC(C)c1ccc(C)o1. The Balaban J connectivity index is 2.13. The van der Waals surface area contributed by atoms with Gasteiger partial charge in [0.15, 0.2) is 0 Å². The van der Waals surface area contributed by atoms with E-state index in [2.05, 4.69) is 43.4 Å². The number of hydrogen-bond acceptors (Lipinski definition) is 2. The quantitative estimate of drug-likeness (QED) is 0.822. The smallest absolute Gasteiger partial charge is 0.126 e. The van der Waals surface area contributed by atoms with E-state index in [0.717, 1.165) is 24.4 Å². The van der Waals surface area contributed by atoms with Crippen molar-refractivity contribution >= 4 is 5.69 Å². The molecule has 0 fully saturated rings. The predicted octanol–water partition coefficient (Wildman–Crippen LogP) is 4.71. The van der Waals surface area contributed by atoms with E-state index >= 15 is 0 Å². The number of furan rings is 1. The van der Waals surface area contributed by atoms with Crippen molar-refractivity contribution in [3.05, 3.63) is 53.5 Å². The monoisotopic (exact) mass is 243 g/mol. The van der Waals surface area contributed by atoms with Crippen LogP contribution in [0.5, 0.6) is 0 Å². The molecule has 2 aromatic rings. The van der Waals surface area contributed by atoms with Crippen LogP contribution in [0.4, 0.5) is 5.69 Å². The van der Waals surface area contributed by atoms with E-state index in [1.807, 2.05) is 19.1 Å². The third kappa shape index (κ3) is 2.95. The molecule has 0 bridgehead atoms. The average Bonchev–Trinajstić information content (AvgIpc) is 2.79. The van der Waals surface area contributed by atoms with Crippen LogP contribution in [-0.4, -0.2) is 0 Å². The van der Waals surface area contributed by atoms with E-state index < -0.39 is 0 Å². The zero-order valence-electron chi connectivity index (χ0n) is 11.4. The molecular formula is C16H21NO. The highest BCUT2D eigenvalue weighted by Crippen LogP contribution is 2.24. The maximum Gasteiger partial charge on any atom is 0.126 e. The summed E-state index contributed by atoms with van der Waals surface area (Å²) in [6.07, 6.45) is 2.26. The molecule has 0 aliphatic heterocycles. The second-order valence-electron chi connectivity index (χ2n) is 4.72. The van der Waals surface area contributed by atoms with Crippen LogP contribution in [0.25, 0.3) is 0 Å². The molecule has 1 aromatic heterocycles. The Hall–Kier alpha value is -1.70. The zero-order chi connectivity index (χ0) is 13.0. The summed E-state index contributed by atoms with van der Waals surface area (Å²) in [6.45, 7) is 6.30. The van der Waals surface area contributed by atoms with Gasteiger partial charge in [0.25, 0.3) is 0 Å². The minimum atomic E-state index is 0.191. The first-order chi connectivity index (χ1) is 8.70. The van der Waals surface area contributed by atoms with Gasteiger partial charge in [0.2, 0.25) is 0 Å². The number of anilines is 1. The molecule has 1 unspecified atom stereocenters. The van der Waals surface area contributed by atoms with Crippen molar-refractivity contribution in [2.75, 3.05) is 5.32 Å². The lowest BCUT2D eigenvalue weighted by Gasteiger charge is -2.16.